The second-order valence-corrected chi connectivity index (χ2v) is 8.21. The molecule has 0 unspecified atom stereocenters. The van der Waals surface area contributed by atoms with Crippen LogP contribution in [0, 0.1) is 27.7 Å². The van der Waals surface area contributed by atoms with Crippen molar-refractivity contribution < 1.29 is 26.2 Å². The molecule has 0 radical (unpaired) electrons. The van der Waals surface area contributed by atoms with E-state index in [1.54, 1.807) is 39.8 Å². The normalized spacial score (nSPS) is 18.3. The van der Waals surface area contributed by atoms with Crippen molar-refractivity contribution in [3.05, 3.63) is 70.3 Å². The minimum atomic E-state index is -4.03. The van der Waals surface area contributed by atoms with Gasteiger partial charge in [0.1, 0.15) is 12.4 Å². The van der Waals surface area contributed by atoms with Crippen LogP contribution in [0.1, 0.15) is 33.9 Å². The third-order valence-corrected chi connectivity index (χ3v) is 6.20. The van der Waals surface area contributed by atoms with Crippen molar-refractivity contribution in [2.75, 3.05) is 0 Å². The molecule has 0 atom stereocenters. The maximum absolute atomic E-state index is 15.1. The summed E-state index contributed by atoms with van der Waals surface area (Å²) in [5.74, 6) is 0. The highest BCUT2D eigenvalue weighted by Crippen LogP contribution is 2.35. The summed E-state index contributed by atoms with van der Waals surface area (Å²) < 4.78 is 64.4. The number of aromatic nitrogens is 2. The zero-order chi connectivity index (χ0) is 21.6. The Morgan fingerprint density at radius 3 is 1.27 bits per heavy atom. The molecule has 0 spiro atoms. The highest BCUT2D eigenvalue weighted by molar-refractivity contribution is 6.59. The Bertz CT molecular complexity index is 1180. The minimum absolute atomic E-state index is 0.258. The van der Waals surface area contributed by atoms with E-state index in [4.69, 9.17) is 0 Å². The quantitative estimate of drug-likeness (QED) is 0.433. The molecule has 2 aliphatic rings. The maximum atomic E-state index is 15.1. The molecule has 5 rings (SSSR count). The topological polar surface area (TPSA) is 15.9 Å². The van der Waals surface area contributed by atoms with Crippen molar-refractivity contribution in [3.8, 4) is 0 Å². The van der Waals surface area contributed by atoms with Crippen molar-refractivity contribution in [1.82, 2.24) is 8.96 Å². The first kappa shape index (κ1) is 19.0. The number of nitrogens with zero attached hydrogens (tertiary/aromatic N) is 4. The van der Waals surface area contributed by atoms with Gasteiger partial charge in [-0.05, 0) is 62.3 Å². The van der Waals surface area contributed by atoms with Crippen molar-refractivity contribution in [2.24, 2.45) is 0 Å². The van der Waals surface area contributed by atoms with Crippen molar-refractivity contribution in [3.63, 3.8) is 0 Å². The van der Waals surface area contributed by atoms with Crippen LogP contribution in [0.4, 0.5) is 28.6 Å². The number of fused-ring (bicyclic) bond motifs is 2. The Labute approximate surface area is 171 Å². The van der Waals surface area contributed by atoms with Crippen molar-refractivity contribution in [2.45, 2.75) is 27.7 Å². The largest absolute Gasteiger partial charge is 0.737 e. The third-order valence-electron chi connectivity index (χ3n) is 6.20. The van der Waals surface area contributed by atoms with Crippen LogP contribution in [0.15, 0.2) is 36.4 Å². The van der Waals surface area contributed by atoms with E-state index in [2.05, 4.69) is 0 Å². The average molecular weight is 414 g/mol. The molecule has 0 bridgehead atoms. The lowest BCUT2D eigenvalue weighted by atomic mass is 9.95. The van der Waals surface area contributed by atoms with Gasteiger partial charge in [-0.15, -0.1) is 0 Å². The first-order valence-corrected chi connectivity index (χ1v) is 9.82. The summed E-state index contributed by atoms with van der Waals surface area (Å²) in [5.41, 5.74) is 3.98. The summed E-state index contributed by atoms with van der Waals surface area (Å²) in [7, 11) is 0. The van der Waals surface area contributed by atoms with E-state index >= 15 is 17.3 Å². The highest BCUT2D eigenvalue weighted by Gasteiger charge is 2.53. The molecule has 10 heteroatoms. The van der Waals surface area contributed by atoms with Crippen molar-refractivity contribution >= 4 is 37.7 Å². The predicted molar refractivity (Wildman–Crippen MR) is 111 cm³/mol. The molecule has 4 nitrogen and oxygen atoms in total. The molecule has 0 aliphatic carbocycles. The van der Waals surface area contributed by atoms with Crippen LogP contribution in [-0.4, -0.2) is 44.3 Å². The molecule has 1 aromatic carbocycles. The molecule has 2 aliphatic heterocycles. The number of hydrogen-bond donors (Lipinski definition) is 0. The van der Waals surface area contributed by atoms with Gasteiger partial charge in [0.2, 0.25) is 0 Å². The van der Waals surface area contributed by atoms with Crippen molar-refractivity contribution in [1.29, 1.82) is 0 Å². The summed E-state index contributed by atoms with van der Waals surface area (Å²) in [6.07, 6.45) is 2.85. The Morgan fingerprint density at radius 1 is 0.633 bits per heavy atom. The molecule has 0 amide bonds. The Balaban J connectivity index is 1.54. The Kier molecular flexibility index (Phi) is 3.65. The second-order valence-electron chi connectivity index (χ2n) is 8.21. The lowest BCUT2D eigenvalue weighted by Crippen LogP contribution is -2.42. The zero-order valence-corrected chi connectivity index (χ0v) is 17.1. The van der Waals surface area contributed by atoms with Crippen LogP contribution in [0.2, 0.25) is 0 Å². The maximum Gasteiger partial charge on any atom is 0.737 e. The molecule has 0 fully saturated rings. The number of aryl methyl sites for hydroxylation is 4. The van der Waals surface area contributed by atoms with E-state index in [1.807, 2.05) is 0 Å². The highest BCUT2D eigenvalue weighted by atomic mass is 19.3. The van der Waals surface area contributed by atoms with Crippen LogP contribution in [0.5, 0.6) is 0 Å². The van der Waals surface area contributed by atoms with E-state index in [-0.39, 0.29) is 11.4 Å². The van der Waals surface area contributed by atoms with Gasteiger partial charge < -0.3 is 35.2 Å². The number of hydrogen-bond acceptors (Lipinski definition) is 0. The van der Waals surface area contributed by atoms with Gasteiger partial charge in [-0.1, -0.05) is 0 Å². The minimum Gasteiger partial charge on any atom is -0.389 e. The summed E-state index contributed by atoms with van der Waals surface area (Å²) in [6.45, 7) is -1.17. The Hall–Kier alpha value is -3.03. The van der Waals surface area contributed by atoms with Gasteiger partial charge in [0, 0.05) is 24.3 Å². The summed E-state index contributed by atoms with van der Waals surface area (Å²) in [5, 5.41) is 0. The molecular weight excluding hydrogens is 394 g/mol. The van der Waals surface area contributed by atoms with Gasteiger partial charge in [-0.3, -0.25) is 0 Å². The van der Waals surface area contributed by atoms with Gasteiger partial charge >= 0.3 is 13.9 Å². The van der Waals surface area contributed by atoms with Crippen LogP contribution < -0.4 is 0 Å². The Morgan fingerprint density at radius 2 is 0.967 bits per heavy atom. The predicted octanol–water partition coefficient (Wildman–Crippen LogP) is 4.52. The van der Waals surface area contributed by atoms with Crippen LogP contribution in [0.25, 0.3) is 0 Å². The van der Waals surface area contributed by atoms with Gasteiger partial charge in [-0.25, -0.2) is 0 Å². The molecule has 3 aromatic rings. The summed E-state index contributed by atoms with van der Waals surface area (Å²) in [4.78, 5) is 0. The molecule has 154 valence electrons. The summed E-state index contributed by atoms with van der Waals surface area (Å²) >= 11 is 0. The number of rotatable bonds is 2. The number of benzene rings is 1. The van der Waals surface area contributed by atoms with Crippen LogP contribution in [-0.2, 0) is 0 Å². The van der Waals surface area contributed by atoms with E-state index in [9.17, 15) is 0 Å². The first-order chi connectivity index (χ1) is 14.0. The SMILES string of the molecule is Cc1cc(C)n2c1C=[N+](c1ccc([N+]3=Cc4c(C)cc(C)n4[B-]3(F)F)cc1)[B-]2(F)F. The molecule has 0 saturated carbocycles. The average Bonchev–Trinajstić information content (AvgIpc) is 3.30. The molecule has 4 heterocycles. The van der Waals surface area contributed by atoms with E-state index in [0.29, 0.717) is 22.8 Å². The second kappa shape index (κ2) is 5.77. The van der Waals surface area contributed by atoms with Gasteiger partial charge in [0.15, 0.2) is 11.4 Å². The lowest BCUT2D eigenvalue weighted by molar-refractivity contribution is -0.324. The zero-order valence-electron chi connectivity index (χ0n) is 17.1. The lowest BCUT2D eigenvalue weighted by Gasteiger charge is -2.21. The summed E-state index contributed by atoms with van der Waals surface area (Å²) in [6, 6.07) is 9.32. The fraction of sp³-hybridized carbons (Fsp3) is 0.200. The molecule has 0 saturated heterocycles. The first-order valence-electron chi connectivity index (χ1n) is 9.82. The van der Waals surface area contributed by atoms with Gasteiger partial charge in [0.25, 0.3) is 0 Å². The number of halogens is 4. The standard InChI is InChI=1S/C20H20B2F4N4/c1-13-9-15(3)29-19(13)11-27(21(29,23)24)17-5-7-18(8-6-17)28-12-20-14(2)10-16(4)30(20)22(28,25)26/h5-12H,1-4H3. The fourth-order valence-electron chi connectivity index (χ4n) is 4.82. The third kappa shape index (κ3) is 2.30. The van der Waals surface area contributed by atoms with Gasteiger partial charge in [0.05, 0.1) is 11.4 Å². The van der Waals surface area contributed by atoms with E-state index in [1.165, 1.54) is 36.7 Å². The van der Waals surface area contributed by atoms with Crippen LogP contribution >= 0.6 is 0 Å². The smallest absolute Gasteiger partial charge is 0.389 e. The molecular formula is C20H20B2F4N4. The molecule has 0 N–H and O–H groups in total. The van der Waals surface area contributed by atoms with E-state index in [0.717, 1.165) is 29.1 Å². The van der Waals surface area contributed by atoms with Crippen LogP contribution in [0.3, 0.4) is 0 Å². The monoisotopic (exact) mass is 414 g/mol. The van der Waals surface area contributed by atoms with Gasteiger partial charge in [-0.2, -0.15) is 0 Å². The molecule has 2 aromatic heterocycles. The fourth-order valence-corrected chi connectivity index (χ4v) is 4.82. The molecule has 30 heavy (non-hydrogen) atoms. The van der Waals surface area contributed by atoms with E-state index < -0.39 is 13.9 Å².